The second kappa shape index (κ2) is 4.65. The maximum absolute atomic E-state index is 6.17. The number of pyridine rings is 1. The minimum absolute atomic E-state index is 0.229. The second-order valence-corrected chi connectivity index (χ2v) is 5.14. The van der Waals surface area contributed by atoms with Crippen LogP contribution in [0.3, 0.4) is 0 Å². The molecule has 0 amide bonds. The van der Waals surface area contributed by atoms with Gasteiger partial charge < -0.3 is 9.64 Å². The van der Waals surface area contributed by atoms with E-state index in [1.54, 1.807) is 7.11 Å². The zero-order valence-electron chi connectivity index (χ0n) is 10.3. The molecule has 1 aliphatic rings. The molecule has 1 atom stereocenters. The summed E-state index contributed by atoms with van der Waals surface area (Å²) in [6.45, 7) is 1.84. The standard InChI is InChI=1S/C14H15ClN2O/c1-18-13-4-2-3-12-11(13)5-7-16-14(12)17-8-6-10(15)9-17/h2-5,7,10H,6,8-9H2,1H3. The molecule has 2 aromatic rings. The topological polar surface area (TPSA) is 25.4 Å². The van der Waals surface area contributed by atoms with Gasteiger partial charge in [0.2, 0.25) is 0 Å². The predicted octanol–water partition coefficient (Wildman–Crippen LogP) is 3.06. The number of hydrogen-bond acceptors (Lipinski definition) is 3. The van der Waals surface area contributed by atoms with Crippen molar-refractivity contribution in [1.29, 1.82) is 0 Å². The lowest BCUT2D eigenvalue weighted by Crippen LogP contribution is -2.21. The van der Waals surface area contributed by atoms with Gasteiger partial charge in [-0.3, -0.25) is 0 Å². The average molecular weight is 263 g/mol. The number of benzene rings is 1. The molecule has 3 nitrogen and oxygen atoms in total. The molecular formula is C14H15ClN2O. The molecular weight excluding hydrogens is 248 g/mol. The Morgan fingerprint density at radius 3 is 2.94 bits per heavy atom. The molecule has 1 saturated heterocycles. The third-order valence-electron chi connectivity index (χ3n) is 3.40. The quantitative estimate of drug-likeness (QED) is 0.778. The minimum Gasteiger partial charge on any atom is -0.496 e. The first-order valence-electron chi connectivity index (χ1n) is 6.10. The zero-order chi connectivity index (χ0) is 12.5. The van der Waals surface area contributed by atoms with Crippen LogP contribution in [-0.4, -0.2) is 30.6 Å². The van der Waals surface area contributed by atoms with Crippen molar-refractivity contribution >= 4 is 28.2 Å². The molecule has 0 aliphatic carbocycles. The molecule has 1 aromatic carbocycles. The molecule has 0 spiro atoms. The van der Waals surface area contributed by atoms with Crippen LogP contribution in [0.4, 0.5) is 5.82 Å². The molecule has 1 aliphatic heterocycles. The number of rotatable bonds is 2. The monoisotopic (exact) mass is 262 g/mol. The smallest absolute Gasteiger partial charge is 0.136 e. The fourth-order valence-electron chi connectivity index (χ4n) is 2.50. The van der Waals surface area contributed by atoms with E-state index < -0.39 is 0 Å². The van der Waals surface area contributed by atoms with Crippen molar-refractivity contribution in [1.82, 2.24) is 4.98 Å². The number of halogens is 1. The number of ether oxygens (including phenoxy) is 1. The van der Waals surface area contributed by atoms with E-state index in [1.165, 1.54) is 0 Å². The molecule has 0 radical (unpaired) electrons. The fraction of sp³-hybridized carbons (Fsp3) is 0.357. The number of hydrogen-bond donors (Lipinski definition) is 0. The van der Waals surface area contributed by atoms with E-state index in [1.807, 2.05) is 24.4 Å². The summed E-state index contributed by atoms with van der Waals surface area (Å²) in [5, 5.41) is 2.46. The summed E-state index contributed by atoms with van der Waals surface area (Å²) in [6, 6.07) is 8.05. The molecule has 3 rings (SSSR count). The normalized spacial score (nSPS) is 19.4. The Balaban J connectivity index is 2.12. The van der Waals surface area contributed by atoms with Crippen LogP contribution in [0.5, 0.6) is 5.75 Å². The molecule has 0 saturated carbocycles. The third kappa shape index (κ3) is 1.89. The summed E-state index contributed by atoms with van der Waals surface area (Å²) < 4.78 is 5.39. The van der Waals surface area contributed by atoms with Crippen LogP contribution in [0.15, 0.2) is 30.5 Å². The molecule has 1 unspecified atom stereocenters. The molecule has 1 fully saturated rings. The van der Waals surface area contributed by atoms with Gasteiger partial charge in [-0.1, -0.05) is 12.1 Å². The molecule has 2 heterocycles. The van der Waals surface area contributed by atoms with E-state index in [0.29, 0.717) is 0 Å². The Kier molecular flexibility index (Phi) is 3.00. The number of fused-ring (bicyclic) bond motifs is 1. The van der Waals surface area contributed by atoms with Crippen LogP contribution in [0.1, 0.15) is 6.42 Å². The van der Waals surface area contributed by atoms with Crippen LogP contribution >= 0.6 is 11.6 Å². The van der Waals surface area contributed by atoms with Gasteiger partial charge >= 0.3 is 0 Å². The van der Waals surface area contributed by atoms with E-state index in [4.69, 9.17) is 16.3 Å². The van der Waals surface area contributed by atoms with Crippen LogP contribution in [0, 0.1) is 0 Å². The third-order valence-corrected chi connectivity index (χ3v) is 3.75. The average Bonchev–Trinajstić information content (AvgIpc) is 2.84. The van der Waals surface area contributed by atoms with Crippen LogP contribution in [0.25, 0.3) is 10.8 Å². The van der Waals surface area contributed by atoms with Crippen molar-refractivity contribution in [2.24, 2.45) is 0 Å². The Bertz CT molecular complexity index is 573. The summed E-state index contributed by atoms with van der Waals surface area (Å²) >= 11 is 6.17. The number of aromatic nitrogens is 1. The predicted molar refractivity (Wildman–Crippen MR) is 74.8 cm³/mol. The highest BCUT2D eigenvalue weighted by molar-refractivity contribution is 6.21. The van der Waals surface area contributed by atoms with E-state index in [9.17, 15) is 0 Å². The van der Waals surface area contributed by atoms with Crippen molar-refractivity contribution in [2.45, 2.75) is 11.8 Å². The SMILES string of the molecule is COc1cccc2c(N3CCC(Cl)C3)nccc12. The number of nitrogens with zero attached hydrogens (tertiary/aromatic N) is 2. The Hall–Kier alpha value is -1.48. The molecule has 1 aromatic heterocycles. The van der Waals surface area contributed by atoms with Gasteiger partial charge in [0.05, 0.1) is 12.5 Å². The van der Waals surface area contributed by atoms with Crippen molar-refractivity contribution < 1.29 is 4.74 Å². The number of methoxy groups -OCH3 is 1. The Labute approximate surface area is 111 Å². The zero-order valence-corrected chi connectivity index (χ0v) is 11.0. The highest BCUT2D eigenvalue weighted by Crippen LogP contribution is 2.32. The van der Waals surface area contributed by atoms with Gasteiger partial charge in [-0.25, -0.2) is 4.98 Å². The summed E-state index contributed by atoms with van der Waals surface area (Å²) in [6.07, 6.45) is 2.85. The molecule has 4 heteroatoms. The van der Waals surface area contributed by atoms with Crippen LogP contribution in [-0.2, 0) is 0 Å². The highest BCUT2D eigenvalue weighted by atomic mass is 35.5. The van der Waals surface area contributed by atoms with Gasteiger partial charge in [-0.05, 0) is 18.6 Å². The number of alkyl halides is 1. The summed E-state index contributed by atoms with van der Waals surface area (Å²) in [5.41, 5.74) is 0. The van der Waals surface area contributed by atoms with Gasteiger partial charge in [0.25, 0.3) is 0 Å². The first-order chi connectivity index (χ1) is 8.79. The van der Waals surface area contributed by atoms with E-state index in [-0.39, 0.29) is 5.38 Å². The second-order valence-electron chi connectivity index (χ2n) is 4.52. The maximum atomic E-state index is 6.17. The highest BCUT2D eigenvalue weighted by Gasteiger charge is 2.23. The van der Waals surface area contributed by atoms with Crippen molar-refractivity contribution in [2.75, 3.05) is 25.1 Å². The Morgan fingerprint density at radius 2 is 2.22 bits per heavy atom. The van der Waals surface area contributed by atoms with Crippen molar-refractivity contribution in [3.63, 3.8) is 0 Å². The Morgan fingerprint density at radius 1 is 1.33 bits per heavy atom. The maximum Gasteiger partial charge on any atom is 0.136 e. The summed E-state index contributed by atoms with van der Waals surface area (Å²) in [5.74, 6) is 1.90. The van der Waals surface area contributed by atoms with E-state index in [0.717, 1.165) is 41.9 Å². The van der Waals surface area contributed by atoms with Gasteiger partial charge in [0.15, 0.2) is 0 Å². The molecule has 94 valence electrons. The van der Waals surface area contributed by atoms with E-state index >= 15 is 0 Å². The van der Waals surface area contributed by atoms with Gasteiger partial charge in [0.1, 0.15) is 11.6 Å². The van der Waals surface area contributed by atoms with Crippen LogP contribution < -0.4 is 9.64 Å². The summed E-state index contributed by atoms with van der Waals surface area (Å²) in [4.78, 5) is 6.76. The summed E-state index contributed by atoms with van der Waals surface area (Å²) in [7, 11) is 1.69. The lowest BCUT2D eigenvalue weighted by atomic mass is 10.1. The van der Waals surface area contributed by atoms with Gasteiger partial charge in [-0.15, -0.1) is 11.6 Å². The molecule has 0 bridgehead atoms. The van der Waals surface area contributed by atoms with E-state index in [2.05, 4.69) is 16.0 Å². The van der Waals surface area contributed by atoms with Gasteiger partial charge in [0, 0.05) is 30.1 Å². The van der Waals surface area contributed by atoms with Crippen molar-refractivity contribution in [3.8, 4) is 5.75 Å². The van der Waals surface area contributed by atoms with Gasteiger partial charge in [-0.2, -0.15) is 0 Å². The molecule has 18 heavy (non-hydrogen) atoms. The number of anilines is 1. The lowest BCUT2D eigenvalue weighted by molar-refractivity contribution is 0.420. The first-order valence-corrected chi connectivity index (χ1v) is 6.54. The largest absolute Gasteiger partial charge is 0.496 e. The fourth-order valence-corrected chi connectivity index (χ4v) is 2.77. The molecule has 0 N–H and O–H groups in total. The first kappa shape index (κ1) is 11.6. The lowest BCUT2D eigenvalue weighted by Gasteiger charge is -2.19. The van der Waals surface area contributed by atoms with Crippen molar-refractivity contribution in [3.05, 3.63) is 30.5 Å². The minimum atomic E-state index is 0.229. The van der Waals surface area contributed by atoms with Crippen LogP contribution in [0.2, 0.25) is 0 Å².